The second-order valence-corrected chi connectivity index (χ2v) is 7.72. The number of amides is 1. The Morgan fingerprint density at radius 2 is 1.90 bits per heavy atom. The molecule has 7 nitrogen and oxygen atoms in total. The van der Waals surface area contributed by atoms with Gasteiger partial charge in [-0.25, -0.2) is 4.98 Å². The molecule has 2 aromatic carbocycles. The van der Waals surface area contributed by atoms with E-state index in [1.807, 2.05) is 36.4 Å². The predicted octanol–water partition coefficient (Wildman–Crippen LogP) is 3.24. The summed E-state index contributed by atoms with van der Waals surface area (Å²) in [6.07, 6.45) is 7.10. The van der Waals surface area contributed by atoms with Crippen molar-refractivity contribution in [3.8, 4) is 5.75 Å². The Kier molecular flexibility index (Phi) is 4.52. The van der Waals surface area contributed by atoms with Crippen molar-refractivity contribution in [2.75, 3.05) is 5.32 Å². The topological polar surface area (TPSA) is 117 Å². The van der Waals surface area contributed by atoms with Crippen LogP contribution in [0.5, 0.6) is 5.75 Å². The normalized spacial score (nSPS) is 17.5. The van der Waals surface area contributed by atoms with Crippen molar-refractivity contribution >= 4 is 11.6 Å². The first kappa shape index (κ1) is 19.0. The summed E-state index contributed by atoms with van der Waals surface area (Å²) in [7, 11) is 0. The number of hydrogen-bond donors (Lipinski definition) is 4. The zero-order valence-electron chi connectivity index (χ0n) is 16.6. The molecule has 0 saturated carbocycles. The highest BCUT2D eigenvalue weighted by Crippen LogP contribution is 2.41. The Hall–Kier alpha value is -3.97. The first-order chi connectivity index (χ1) is 15.1. The van der Waals surface area contributed by atoms with Crippen LogP contribution in [0, 0.1) is 0 Å². The Morgan fingerprint density at radius 1 is 1.03 bits per heavy atom. The van der Waals surface area contributed by atoms with Gasteiger partial charge in [0.2, 0.25) is 5.91 Å². The number of aromatic hydroxyl groups is 1. The lowest BCUT2D eigenvalue weighted by Gasteiger charge is -2.33. The van der Waals surface area contributed by atoms with E-state index in [0.717, 1.165) is 27.9 Å². The Labute approximate surface area is 179 Å². The van der Waals surface area contributed by atoms with Crippen molar-refractivity contribution < 1.29 is 9.90 Å². The molecular formula is C24H21N5O2. The van der Waals surface area contributed by atoms with Gasteiger partial charge in [0.1, 0.15) is 11.3 Å². The third-order valence-corrected chi connectivity index (χ3v) is 5.86. The number of benzene rings is 2. The molecule has 5 N–H and O–H groups in total. The number of hydrogen-bond acceptors (Lipinski definition) is 5. The molecule has 1 aliphatic heterocycles. The molecule has 2 aromatic heterocycles. The van der Waals surface area contributed by atoms with Gasteiger partial charge in [0, 0.05) is 30.4 Å². The van der Waals surface area contributed by atoms with Crippen molar-refractivity contribution in [1.82, 2.24) is 15.0 Å². The van der Waals surface area contributed by atoms with Crippen molar-refractivity contribution in [2.24, 2.45) is 5.73 Å². The summed E-state index contributed by atoms with van der Waals surface area (Å²) in [5.41, 5.74) is 10.9. The number of rotatable bonds is 4. The zero-order chi connectivity index (χ0) is 21.4. The molecule has 1 aliphatic rings. The lowest BCUT2D eigenvalue weighted by atomic mass is 9.77. The second-order valence-electron chi connectivity index (χ2n) is 7.72. The number of carbonyl (C=O) groups excluding carboxylic acids is 1. The highest BCUT2D eigenvalue weighted by atomic mass is 16.3. The molecule has 2 atom stereocenters. The quantitative estimate of drug-likeness (QED) is 0.411. The molecule has 1 amide bonds. The molecule has 0 saturated heterocycles. The van der Waals surface area contributed by atoms with Crippen molar-refractivity contribution in [1.29, 1.82) is 0 Å². The molecule has 7 heteroatoms. The predicted molar refractivity (Wildman–Crippen MR) is 117 cm³/mol. The molecule has 4 aromatic rings. The fraction of sp³-hybridized carbons (Fsp3) is 0.125. The van der Waals surface area contributed by atoms with Gasteiger partial charge >= 0.3 is 0 Å². The standard InChI is InChI=1S/C24H21N5O2/c25-24(22-13-27-14-28-22,16-4-1-5-18(30)9-16)17-6-7-21-20(10-17)19(11-23(31)29-21)15-3-2-8-26-12-15/h1-10,12-14,19,30H,11,25H2,(H,27,28)(H,29,31). The smallest absolute Gasteiger partial charge is 0.225 e. The van der Waals surface area contributed by atoms with E-state index in [-0.39, 0.29) is 17.6 Å². The van der Waals surface area contributed by atoms with Crippen molar-refractivity contribution in [2.45, 2.75) is 17.9 Å². The van der Waals surface area contributed by atoms with E-state index in [9.17, 15) is 9.90 Å². The molecule has 0 radical (unpaired) electrons. The summed E-state index contributed by atoms with van der Waals surface area (Å²) in [6.45, 7) is 0. The number of carbonyl (C=O) groups is 1. The molecule has 5 rings (SSSR count). The van der Waals surface area contributed by atoms with Crippen LogP contribution in [0.15, 0.2) is 79.5 Å². The van der Waals surface area contributed by atoms with Crippen LogP contribution >= 0.6 is 0 Å². The van der Waals surface area contributed by atoms with Gasteiger partial charge in [-0.3, -0.25) is 9.78 Å². The summed E-state index contributed by atoms with van der Waals surface area (Å²) in [5, 5.41) is 13.1. The molecule has 0 aliphatic carbocycles. The molecule has 31 heavy (non-hydrogen) atoms. The zero-order valence-corrected chi connectivity index (χ0v) is 16.6. The van der Waals surface area contributed by atoms with Crippen molar-refractivity contribution in [3.63, 3.8) is 0 Å². The molecule has 3 heterocycles. The minimum absolute atomic E-state index is 0.0327. The van der Waals surface area contributed by atoms with Crippen LogP contribution in [-0.4, -0.2) is 26.0 Å². The molecule has 154 valence electrons. The molecule has 0 spiro atoms. The second kappa shape index (κ2) is 7.37. The van der Waals surface area contributed by atoms with Gasteiger partial charge < -0.3 is 21.1 Å². The number of imidazole rings is 1. The summed E-state index contributed by atoms with van der Waals surface area (Å²) in [6, 6.07) is 16.6. The van der Waals surface area contributed by atoms with Crippen molar-refractivity contribution in [3.05, 3.63) is 107 Å². The minimum atomic E-state index is -1.08. The fourth-order valence-electron chi connectivity index (χ4n) is 4.29. The number of nitrogens with zero attached hydrogens (tertiary/aromatic N) is 2. The van der Waals surface area contributed by atoms with Gasteiger partial charge in [0.25, 0.3) is 0 Å². The van der Waals surface area contributed by atoms with Crippen LogP contribution in [0.2, 0.25) is 0 Å². The van der Waals surface area contributed by atoms with E-state index in [1.54, 1.807) is 43.1 Å². The Balaban J connectivity index is 1.70. The van der Waals surface area contributed by atoms with E-state index in [2.05, 4.69) is 20.3 Å². The summed E-state index contributed by atoms with van der Waals surface area (Å²) in [5.74, 6) is -0.0347. The van der Waals surface area contributed by atoms with Gasteiger partial charge in [0.05, 0.1) is 18.2 Å². The summed E-state index contributed by atoms with van der Waals surface area (Å²) < 4.78 is 0. The number of phenols is 1. The number of H-pyrrole nitrogens is 1. The number of pyridine rings is 1. The van der Waals surface area contributed by atoms with Gasteiger partial charge in [-0.15, -0.1) is 0 Å². The monoisotopic (exact) mass is 411 g/mol. The van der Waals surface area contributed by atoms with E-state index in [1.165, 1.54) is 0 Å². The first-order valence-electron chi connectivity index (χ1n) is 9.97. The van der Waals surface area contributed by atoms with Crippen LogP contribution in [0.25, 0.3) is 0 Å². The Morgan fingerprint density at radius 3 is 2.65 bits per heavy atom. The van der Waals surface area contributed by atoms with Crippen LogP contribution in [0.4, 0.5) is 5.69 Å². The first-order valence-corrected chi connectivity index (χ1v) is 9.97. The third kappa shape index (κ3) is 3.25. The molecular weight excluding hydrogens is 390 g/mol. The number of nitrogens with two attached hydrogens (primary N) is 1. The van der Waals surface area contributed by atoms with Gasteiger partial charge in [-0.05, 0) is 46.5 Å². The maximum Gasteiger partial charge on any atom is 0.225 e. The maximum absolute atomic E-state index is 12.3. The van der Waals surface area contributed by atoms with E-state index >= 15 is 0 Å². The maximum atomic E-state index is 12.3. The highest BCUT2D eigenvalue weighted by Gasteiger charge is 2.36. The number of nitrogens with one attached hydrogen (secondary N) is 2. The average Bonchev–Trinajstić information content (AvgIpc) is 3.34. The highest BCUT2D eigenvalue weighted by molar-refractivity contribution is 5.95. The summed E-state index contributed by atoms with van der Waals surface area (Å²) in [4.78, 5) is 23.9. The molecule has 0 bridgehead atoms. The number of aromatic amines is 1. The van der Waals surface area contributed by atoms with Crippen LogP contribution in [0.3, 0.4) is 0 Å². The minimum Gasteiger partial charge on any atom is -0.508 e. The number of aromatic nitrogens is 3. The lowest BCUT2D eigenvalue weighted by Crippen LogP contribution is -2.40. The van der Waals surface area contributed by atoms with Crippen LogP contribution in [-0.2, 0) is 10.3 Å². The average molecular weight is 411 g/mol. The van der Waals surface area contributed by atoms with E-state index in [0.29, 0.717) is 12.1 Å². The summed E-state index contributed by atoms with van der Waals surface area (Å²) >= 11 is 0. The van der Waals surface area contributed by atoms with Gasteiger partial charge in [-0.1, -0.05) is 30.3 Å². The van der Waals surface area contributed by atoms with Crippen LogP contribution in [0.1, 0.15) is 40.3 Å². The van der Waals surface area contributed by atoms with Gasteiger partial charge in [-0.2, -0.15) is 0 Å². The number of phenolic OH excluding ortho intramolecular Hbond substituents is 1. The number of anilines is 1. The van der Waals surface area contributed by atoms with E-state index in [4.69, 9.17) is 5.73 Å². The largest absolute Gasteiger partial charge is 0.508 e. The SMILES string of the molecule is NC(c1cccc(O)c1)(c1ccc2c(c1)C(c1cccnc1)CC(=O)N2)c1cnc[nH]1. The fourth-order valence-corrected chi connectivity index (χ4v) is 4.29. The van der Waals surface area contributed by atoms with Crippen LogP contribution < -0.4 is 11.1 Å². The molecule has 2 unspecified atom stereocenters. The van der Waals surface area contributed by atoms with Gasteiger partial charge in [0.15, 0.2) is 0 Å². The number of fused-ring (bicyclic) bond motifs is 1. The lowest BCUT2D eigenvalue weighted by molar-refractivity contribution is -0.116. The Bertz CT molecular complexity index is 1240. The third-order valence-electron chi connectivity index (χ3n) is 5.86. The van der Waals surface area contributed by atoms with E-state index < -0.39 is 5.54 Å². The molecule has 0 fully saturated rings.